The number of rotatable bonds is 6. The first-order chi connectivity index (χ1) is 7.99. The molecule has 0 fully saturated rings. The van der Waals surface area contributed by atoms with E-state index in [-0.39, 0.29) is 0 Å². The first-order valence-electron chi connectivity index (χ1n) is 5.71. The SMILES string of the molecule is CN(C)CCN(C)Cc1cccc(C(N)=S)c1. The van der Waals surface area contributed by atoms with E-state index in [1.54, 1.807) is 0 Å². The average Bonchev–Trinajstić information content (AvgIpc) is 2.26. The van der Waals surface area contributed by atoms with Crippen LogP contribution in [-0.4, -0.2) is 49.0 Å². The number of hydrogen-bond donors (Lipinski definition) is 1. The number of hydrogen-bond acceptors (Lipinski definition) is 3. The molecule has 0 radical (unpaired) electrons. The molecule has 0 unspecified atom stereocenters. The molecule has 4 heteroatoms. The van der Waals surface area contributed by atoms with Crippen LogP contribution in [0.4, 0.5) is 0 Å². The lowest BCUT2D eigenvalue weighted by atomic mass is 10.1. The molecule has 0 aliphatic rings. The zero-order valence-electron chi connectivity index (χ0n) is 10.8. The van der Waals surface area contributed by atoms with Crippen molar-refractivity contribution < 1.29 is 0 Å². The number of nitrogens with two attached hydrogens (primary N) is 1. The normalized spacial score (nSPS) is 11.1. The lowest BCUT2D eigenvalue weighted by molar-refractivity contribution is 0.276. The van der Waals surface area contributed by atoms with Gasteiger partial charge in [-0.1, -0.05) is 30.4 Å². The zero-order valence-corrected chi connectivity index (χ0v) is 11.6. The highest BCUT2D eigenvalue weighted by molar-refractivity contribution is 7.80. The van der Waals surface area contributed by atoms with Crippen LogP contribution in [0.1, 0.15) is 11.1 Å². The molecular weight excluding hydrogens is 230 g/mol. The van der Waals surface area contributed by atoms with Gasteiger partial charge in [-0.3, -0.25) is 0 Å². The average molecular weight is 251 g/mol. The summed E-state index contributed by atoms with van der Waals surface area (Å²) in [5.41, 5.74) is 7.81. The maximum absolute atomic E-state index is 5.62. The number of benzene rings is 1. The molecule has 0 amide bonds. The van der Waals surface area contributed by atoms with E-state index in [0.29, 0.717) is 4.99 Å². The molecule has 0 bridgehead atoms. The largest absolute Gasteiger partial charge is 0.389 e. The van der Waals surface area contributed by atoms with E-state index in [1.165, 1.54) is 5.56 Å². The summed E-state index contributed by atoms with van der Waals surface area (Å²) in [4.78, 5) is 4.93. The third-order valence-corrected chi connectivity index (χ3v) is 2.83. The van der Waals surface area contributed by atoms with Crippen molar-refractivity contribution in [2.45, 2.75) is 6.54 Å². The second-order valence-corrected chi connectivity index (χ2v) is 5.05. The van der Waals surface area contributed by atoms with Gasteiger partial charge in [-0.25, -0.2) is 0 Å². The van der Waals surface area contributed by atoms with Crippen LogP contribution < -0.4 is 5.73 Å². The molecule has 17 heavy (non-hydrogen) atoms. The molecule has 0 heterocycles. The van der Waals surface area contributed by atoms with E-state index in [0.717, 1.165) is 25.2 Å². The molecule has 1 aromatic carbocycles. The summed E-state index contributed by atoms with van der Waals surface area (Å²) in [5.74, 6) is 0. The smallest absolute Gasteiger partial charge is 0.103 e. The Labute approximate surface area is 109 Å². The van der Waals surface area contributed by atoms with Crippen LogP contribution >= 0.6 is 12.2 Å². The number of likely N-dealkylation sites (N-methyl/N-ethyl adjacent to an activating group) is 2. The Hall–Kier alpha value is -0.970. The van der Waals surface area contributed by atoms with Crippen LogP contribution in [0.5, 0.6) is 0 Å². The van der Waals surface area contributed by atoms with Gasteiger partial charge < -0.3 is 15.5 Å². The Balaban J connectivity index is 2.56. The van der Waals surface area contributed by atoms with Gasteiger partial charge in [0.25, 0.3) is 0 Å². The second kappa shape index (κ2) is 6.69. The summed E-state index contributed by atoms with van der Waals surface area (Å²) in [5, 5.41) is 0. The van der Waals surface area contributed by atoms with Gasteiger partial charge in [0.15, 0.2) is 0 Å². The molecule has 0 saturated heterocycles. The van der Waals surface area contributed by atoms with Crippen LogP contribution in [0.15, 0.2) is 24.3 Å². The molecule has 0 aromatic heterocycles. The summed E-state index contributed by atoms with van der Waals surface area (Å²) in [7, 11) is 6.29. The minimum absolute atomic E-state index is 0.461. The van der Waals surface area contributed by atoms with Crippen molar-refractivity contribution in [2.75, 3.05) is 34.2 Å². The van der Waals surface area contributed by atoms with E-state index >= 15 is 0 Å². The lowest BCUT2D eigenvalue weighted by Gasteiger charge is -2.19. The summed E-state index contributed by atoms with van der Waals surface area (Å²) in [6.45, 7) is 3.03. The molecule has 1 aromatic rings. The Morgan fingerprint density at radius 3 is 2.53 bits per heavy atom. The third kappa shape index (κ3) is 5.26. The van der Waals surface area contributed by atoms with Gasteiger partial charge in [0.2, 0.25) is 0 Å². The second-order valence-electron chi connectivity index (χ2n) is 4.61. The predicted octanol–water partition coefficient (Wildman–Crippen LogP) is 1.31. The summed E-state index contributed by atoms with van der Waals surface area (Å²) in [6, 6.07) is 8.12. The van der Waals surface area contributed by atoms with E-state index in [1.807, 2.05) is 12.1 Å². The van der Waals surface area contributed by atoms with E-state index in [2.05, 4.69) is 43.1 Å². The summed E-state index contributed by atoms with van der Waals surface area (Å²) < 4.78 is 0. The highest BCUT2D eigenvalue weighted by Gasteiger charge is 2.03. The molecule has 2 N–H and O–H groups in total. The Kier molecular flexibility index (Phi) is 5.55. The standard InChI is InChI=1S/C13H21N3S/c1-15(2)7-8-16(3)10-11-5-4-6-12(9-11)13(14)17/h4-6,9H,7-8,10H2,1-3H3,(H2,14,17). The monoisotopic (exact) mass is 251 g/mol. The molecule has 1 rings (SSSR count). The van der Waals surface area contributed by atoms with E-state index in [9.17, 15) is 0 Å². The third-order valence-electron chi connectivity index (χ3n) is 2.59. The van der Waals surface area contributed by atoms with E-state index in [4.69, 9.17) is 18.0 Å². The minimum Gasteiger partial charge on any atom is -0.389 e. The maximum atomic E-state index is 5.62. The van der Waals surface area contributed by atoms with Crippen molar-refractivity contribution in [1.29, 1.82) is 0 Å². The summed E-state index contributed by atoms with van der Waals surface area (Å²) in [6.07, 6.45) is 0. The van der Waals surface area contributed by atoms with Gasteiger partial charge in [0.05, 0.1) is 0 Å². The van der Waals surface area contributed by atoms with Gasteiger partial charge in [0.1, 0.15) is 4.99 Å². The van der Waals surface area contributed by atoms with Gasteiger partial charge >= 0.3 is 0 Å². The summed E-state index contributed by atoms with van der Waals surface area (Å²) >= 11 is 4.98. The zero-order chi connectivity index (χ0) is 12.8. The quantitative estimate of drug-likeness (QED) is 0.773. The van der Waals surface area contributed by atoms with E-state index < -0.39 is 0 Å². The lowest BCUT2D eigenvalue weighted by Crippen LogP contribution is -2.28. The van der Waals surface area contributed by atoms with Crippen LogP contribution in [-0.2, 0) is 6.54 Å². The predicted molar refractivity (Wildman–Crippen MR) is 77.2 cm³/mol. The van der Waals surface area contributed by atoms with Crippen molar-refractivity contribution in [2.24, 2.45) is 5.73 Å². The van der Waals surface area contributed by atoms with Crippen LogP contribution in [0, 0.1) is 0 Å². The number of nitrogens with zero attached hydrogens (tertiary/aromatic N) is 2. The molecule has 94 valence electrons. The van der Waals surface area contributed by atoms with Gasteiger partial charge in [0, 0.05) is 25.2 Å². The molecule has 3 nitrogen and oxygen atoms in total. The highest BCUT2D eigenvalue weighted by Crippen LogP contribution is 2.07. The molecule has 0 aliphatic heterocycles. The van der Waals surface area contributed by atoms with Crippen molar-refractivity contribution in [3.63, 3.8) is 0 Å². The van der Waals surface area contributed by atoms with Crippen molar-refractivity contribution in [3.05, 3.63) is 35.4 Å². The Morgan fingerprint density at radius 1 is 1.24 bits per heavy atom. The fourth-order valence-corrected chi connectivity index (χ4v) is 1.71. The van der Waals surface area contributed by atoms with Crippen molar-refractivity contribution in [1.82, 2.24) is 9.80 Å². The van der Waals surface area contributed by atoms with Crippen LogP contribution in [0.3, 0.4) is 0 Å². The Bertz CT molecular complexity index is 377. The minimum atomic E-state index is 0.461. The van der Waals surface area contributed by atoms with Crippen molar-refractivity contribution >= 4 is 17.2 Å². The van der Waals surface area contributed by atoms with Crippen LogP contribution in [0.25, 0.3) is 0 Å². The highest BCUT2D eigenvalue weighted by atomic mass is 32.1. The first-order valence-corrected chi connectivity index (χ1v) is 6.12. The molecule has 0 aliphatic carbocycles. The molecular formula is C13H21N3S. The Morgan fingerprint density at radius 2 is 1.94 bits per heavy atom. The fraction of sp³-hybridized carbons (Fsp3) is 0.462. The maximum Gasteiger partial charge on any atom is 0.103 e. The fourth-order valence-electron chi connectivity index (χ4n) is 1.58. The van der Waals surface area contributed by atoms with Gasteiger partial charge in [-0.2, -0.15) is 0 Å². The van der Waals surface area contributed by atoms with Crippen molar-refractivity contribution in [3.8, 4) is 0 Å². The van der Waals surface area contributed by atoms with Gasteiger partial charge in [-0.15, -0.1) is 0 Å². The molecule has 0 atom stereocenters. The molecule has 0 saturated carbocycles. The van der Waals surface area contributed by atoms with Crippen LogP contribution in [0.2, 0.25) is 0 Å². The molecule has 0 spiro atoms. The topological polar surface area (TPSA) is 32.5 Å². The number of thiocarbonyl (C=S) groups is 1. The van der Waals surface area contributed by atoms with Gasteiger partial charge in [-0.05, 0) is 32.8 Å². The first kappa shape index (κ1) is 14.1.